The molecule has 0 aliphatic rings. The van der Waals surface area contributed by atoms with Crippen molar-refractivity contribution in [1.29, 1.82) is 0 Å². The van der Waals surface area contributed by atoms with Gasteiger partial charge in [-0.3, -0.25) is 15.1 Å². The Hall–Kier alpha value is -2.45. The van der Waals surface area contributed by atoms with E-state index in [1.165, 1.54) is 7.05 Å². The Morgan fingerprint density at radius 3 is 2.45 bits per heavy atom. The van der Waals surface area contributed by atoms with Crippen molar-refractivity contribution < 1.29 is 9.53 Å². The van der Waals surface area contributed by atoms with E-state index in [9.17, 15) is 4.79 Å². The first-order chi connectivity index (χ1) is 13.0. The molecule has 0 atom stereocenters. The highest BCUT2D eigenvalue weighted by atomic mass is 35.5. The minimum atomic E-state index is -0.396. The smallest absolute Gasteiger partial charge is 0.274 e. The van der Waals surface area contributed by atoms with Crippen LogP contribution in [-0.2, 0) is 13.2 Å². The molecule has 2 aromatic carbocycles. The van der Waals surface area contributed by atoms with Gasteiger partial charge in [0.05, 0.1) is 10.5 Å². The van der Waals surface area contributed by atoms with Gasteiger partial charge in [-0.1, -0.05) is 35.9 Å². The molecule has 10 heteroatoms. The second-order valence-corrected chi connectivity index (χ2v) is 6.33. The maximum Gasteiger partial charge on any atom is 0.274 e. The van der Waals surface area contributed by atoms with E-state index in [1.54, 1.807) is 18.2 Å². The summed E-state index contributed by atoms with van der Waals surface area (Å²) >= 11 is 6.34. The maximum absolute atomic E-state index is 12.2. The summed E-state index contributed by atoms with van der Waals surface area (Å²) < 4.78 is 5.83. The standard InChI is InChI=1S/C19H20ClN5O2.2ClH/c1-23-19(22)25-18(26)17-8-14-15(20)6-13(7-16(14)24-17)27-10-12-4-2-11(9-21)3-5-12;;/h2-8,24H,9-10,21H2,1H3,(H3,22,23,25,26);2*1H. The lowest BCUT2D eigenvalue weighted by Gasteiger charge is -2.08. The highest BCUT2D eigenvalue weighted by Gasteiger charge is 2.13. The van der Waals surface area contributed by atoms with Gasteiger partial charge in [0.1, 0.15) is 18.1 Å². The van der Waals surface area contributed by atoms with E-state index in [-0.39, 0.29) is 30.8 Å². The molecule has 0 radical (unpaired) electrons. The molecule has 0 aliphatic carbocycles. The van der Waals surface area contributed by atoms with E-state index in [1.807, 2.05) is 24.3 Å². The number of carbonyl (C=O) groups is 1. The lowest BCUT2D eigenvalue weighted by atomic mass is 10.1. The van der Waals surface area contributed by atoms with Crippen molar-refractivity contribution in [2.45, 2.75) is 13.2 Å². The predicted octanol–water partition coefficient (Wildman–Crippen LogP) is 3.38. The fourth-order valence-corrected chi connectivity index (χ4v) is 2.82. The zero-order valence-electron chi connectivity index (χ0n) is 15.6. The number of amides is 1. The number of hydrogen-bond donors (Lipinski definition) is 4. The number of aromatic nitrogens is 1. The zero-order valence-corrected chi connectivity index (χ0v) is 18.0. The lowest BCUT2D eigenvalue weighted by Crippen LogP contribution is -2.36. The van der Waals surface area contributed by atoms with Gasteiger partial charge >= 0.3 is 0 Å². The number of guanidine groups is 1. The average molecular weight is 459 g/mol. The monoisotopic (exact) mass is 457 g/mol. The Morgan fingerprint density at radius 2 is 1.83 bits per heavy atom. The molecule has 3 rings (SSSR count). The second-order valence-electron chi connectivity index (χ2n) is 5.92. The number of nitrogens with two attached hydrogens (primary N) is 2. The van der Waals surface area contributed by atoms with Crippen molar-refractivity contribution in [3.8, 4) is 5.75 Å². The molecule has 0 saturated carbocycles. The second kappa shape index (κ2) is 10.9. The van der Waals surface area contributed by atoms with Gasteiger partial charge in [-0.15, -0.1) is 24.8 Å². The van der Waals surface area contributed by atoms with Gasteiger partial charge in [0, 0.05) is 25.0 Å². The summed E-state index contributed by atoms with van der Waals surface area (Å²) in [5, 5.41) is 3.67. The van der Waals surface area contributed by atoms with Gasteiger partial charge in [-0.2, -0.15) is 0 Å². The van der Waals surface area contributed by atoms with Crippen LogP contribution >= 0.6 is 36.4 Å². The number of fused-ring (bicyclic) bond motifs is 1. The number of hydrogen-bond acceptors (Lipinski definition) is 4. The van der Waals surface area contributed by atoms with E-state index in [2.05, 4.69) is 15.3 Å². The molecule has 7 nitrogen and oxygen atoms in total. The molecular formula is C19H22Cl3N5O2. The van der Waals surface area contributed by atoms with Crippen LogP contribution in [0.5, 0.6) is 5.75 Å². The van der Waals surface area contributed by atoms with E-state index in [4.69, 9.17) is 27.8 Å². The van der Waals surface area contributed by atoms with Gasteiger partial charge in [0.15, 0.2) is 5.96 Å². The molecule has 0 fully saturated rings. The quantitative estimate of drug-likeness (QED) is 0.346. The molecule has 0 aliphatic heterocycles. The Balaban J connectivity index is 0.00000210. The molecule has 6 N–H and O–H groups in total. The third-order valence-electron chi connectivity index (χ3n) is 4.05. The number of halogens is 3. The average Bonchev–Trinajstić information content (AvgIpc) is 3.11. The molecule has 3 aromatic rings. The lowest BCUT2D eigenvalue weighted by molar-refractivity contribution is 0.0972. The summed E-state index contributed by atoms with van der Waals surface area (Å²) in [6.07, 6.45) is 0. The Morgan fingerprint density at radius 1 is 1.17 bits per heavy atom. The Bertz CT molecular complexity index is 1000. The largest absolute Gasteiger partial charge is 0.489 e. The molecule has 0 spiro atoms. The Labute approximate surface area is 185 Å². The fraction of sp³-hybridized carbons (Fsp3) is 0.158. The Kier molecular flexibility index (Phi) is 9.26. The molecule has 0 saturated heterocycles. The fourth-order valence-electron chi connectivity index (χ4n) is 2.55. The summed E-state index contributed by atoms with van der Waals surface area (Å²) in [5.41, 5.74) is 14.2. The van der Waals surface area contributed by atoms with Gasteiger partial charge in [0.25, 0.3) is 5.91 Å². The van der Waals surface area contributed by atoms with E-state index >= 15 is 0 Å². The number of H-pyrrole nitrogens is 1. The first kappa shape index (κ1) is 24.6. The van der Waals surface area contributed by atoms with Gasteiger partial charge in [-0.25, -0.2) is 0 Å². The van der Waals surface area contributed by atoms with E-state index in [0.717, 1.165) is 11.1 Å². The number of aliphatic imine (C=N–C) groups is 1. The van der Waals surface area contributed by atoms with Crippen LogP contribution in [0.4, 0.5) is 0 Å². The van der Waals surface area contributed by atoms with Crippen molar-refractivity contribution in [3.63, 3.8) is 0 Å². The van der Waals surface area contributed by atoms with Crippen molar-refractivity contribution in [2.75, 3.05) is 7.05 Å². The van der Waals surface area contributed by atoms with Crippen LogP contribution < -0.4 is 21.5 Å². The van der Waals surface area contributed by atoms with Crippen LogP contribution in [-0.4, -0.2) is 23.9 Å². The van der Waals surface area contributed by atoms with E-state index in [0.29, 0.717) is 40.5 Å². The van der Waals surface area contributed by atoms with Crippen molar-refractivity contribution in [1.82, 2.24) is 10.3 Å². The van der Waals surface area contributed by atoms with Gasteiger partial charge < -0.3 is 21.2 Å². The molecule has 29 heavy (non-hydrogen) atoms. The van der Waals surface area contributed by atoms with Crippen LogP contribution in [0.2, 0.25) is 5.02 Å². The highest BCUT2D eigenvalue weighted by Crippen LogP contribution is 2.30. The molecule has 0 unspecified atom stereocenters. The first-order valence-electron chi connectivity index (χ1n) is 8.26. The van der Waals surface area contributed by atoms with Crippen LogP contribution in [0, 0.1) is 0 Å². The summed E-state index contributed by atoms with van der Waals surface area (Å²) in [5.74, 6) is 0.237. The molecule has 1 amide bonds. The minimum absolute atomic E-state index is 0. The van der Waals surface area contributed by atoms with Crippen LogP contribution in [0.3, 0.4) is 0 Å². The summed E-state index contributed by atoms with van der Waals surface area (Å²) in [4.78, 5) is 18.9. The van der Waals surface area contributed by atoms with Gasteiger partial charge in [0.2, 0.25) is 0 Å². The normalized spacial score (nSPS) is 10.8. The van der Waals surface area contributed by atoms with Crippen molar-refractivity contribution in [3.05, 3.63) is 64.3 Å². The van der Waals surface area contributed by atoms with Crippen molar-refractivity contribution in [2.24, 2.45) is 16.5 Å². The number of nitrogens with one attached hydrogen (secondary N) is 2. The molecular weight excluding hydrogens is 437 g/mol. The molecule has 1 aromatic heterocycles. The molecule has 1 heterocycles. The number of ether oxygens (including phenoxy) is 1. The summed E-state index contributed by atoms with van der Waals surface area (Å²) in [6, 6.07) is 13.1. The highest BCUT2D eigenvalue weighted by molar-refractivity contribution is 6.35. The predicted molar refractivity (Wildman–Crippen MR) is 121 cm³/mol. The topological polar surface area (TPSA) is 119 Å². The van der Waals surface area contributed by atoms with Crippen LogP contribution in [0.1, 0.15) is 21.6 Å². The zero-order chi connectivity index (χ0) is 19.4. The minimum Gasteiger partial charge on any atom is -0.489 e. The molecule has 0 bridgehead atoms. The first-order valence-corrected chi connectivity index (χ1v) is 8.64. The van der Waals surface area contributed by atoms with Gasteiger partial charge in [-0.05, 0) is 23.3 Å². The van der Waals surface area contributed by atoms with Crippen LogP contribution in [0.25, 0.3) is 10.9 Å². The summed E-state index contributed by atoms with van der Waals surface area (Å²) in [6.45, 7) is 0.899. The van der Waals surface area contributed by atoms with Crippen molar-refractivity contribution >= 4 is 59.2 Å². The van der Waals surface area contributed by atoms with E-state index < -0.39 is 5.91 Å². The third kappa shape index (κ3) is 6.01. The maximum atomic E-state index is 12.2. The summed E-state index contributed by atoms with van der Waals surface area (Å²) in [7, 11) is 1.49. The number of rotatable bonds is 5. The third-order valence-corrected chi connectivity index (χ3v) is 4.37. The number of aromatic amines is 1. The molecule has 156 valence electrons. The number of nitrogens with zero attached hydrogens (tertiary/aromatic N) is 1. The SMILES string of the molecule is CN=C(N)NC(=O)c1cc2c(Cl)cc(OCc3ccc(CN)cc3)cc2[nH]1.Cl.Cl. The van der Waals surface area contributed by atoms with Crippen LogP contribution in [0.15, 0.2) is 47.5 Å². The number of benzene rings is 2. The number of carbonyl (C=O) groups excluding carboxylic acids is 1.